The molecule has 0 fully saturated rings. The van der Waals surface area contributed by atoms with Gasteiger partial charge in [0.2, 0.25) is 0 Å². The van der Waals surface area contributed by atoms with Gasteiger partial charge in [0.1, 0.15) is 8.07 Å². The third-order valence-corrected chi connectivity index (χ3v) is 15.1. The Bertz CT molecular complexity index is 2620. The maximum absolute atomic E-state index is 3.98. The highest BCUT2D eigenvalue weighted by Gasteiger charge is 2.45. The van der Waals surface area contributed by atoms with Crippen LogP contribution < -0.4 is 36.6 Å². The summed E-state index contributed by atoms with van der Waals surface area (Å²) in [6.07, 6.45) is 6.11. The summed E-state index contributed by atoms with van der Waals surface area (Å²) in [4.78, 5) is 5.17. The van der Waals surface area contributed by atoms with Gasteiger partial charge in [0.25, 0.3) is 6.71 Å². The zero-order valence-corrected chi connectivity index (χ0v) is 32.2. The minimum atomic E-state index is -2.20. The smallest absolute Gasteiger partial charge is 0.252 e. The first-order chi connectivity index (χ1) is 25.8. The van der Waals surface area contributed by atoms with Crippen LogP contribution in [0.1, 0.15) is 22.3 Å². The van der Waals surface area contributed by atoms with Gasteiger partial charge in [-0.15, -0.1) is 0 Å². The van der Waals surface area contributed by atoms with Gasteiger partial charge in [-0.25, -0.2) is 0 Å². The SMILES string of the molecule is C=C/C=C\c1ccc2c(c1C)N(c1cccc(C)c1)c1cc([Si](C)(C)c3ccccc3)cc3c1B2c1ccc2ccccc2c1N3c1cccc(C)c1. The van der Waals surface area contributed by atoms with Crippen LogP contribution in [-0.2, 0) is 0 Å². The van der Waals surface area contributed by atoms with Gasteiger partial charge in [-0.2, -0.15) is 0 Å². The Kier molecular flexibility index (Phi) is 7.90. The lowest BCUT2D eigenvalue weighted by atomic mass is 9.33. The minimum Gasteiger partial charge on any atom is -0.311 e. The molecule has 9 rings (SSSR count). The van der Waals surface area contributed by atoms with E-state index in [1.165, 1.54) is 93.9 Å². The Balaban J connectivity index is 1.47. The molecule has 0 bridgehead atoms. The Hall–Kier alpha value is -5.84. The van der Waals surface area contributed by atoms with Gasteiger partial charge in [-0.1, -0.05) is 151 Å². The van der Waals surface area contributed by atoms with Gasteiger partial charge in [-0.3, -0.25) is 0 Å². The molecule has 2 aliphatic heterocycles. The van der Waals surface area contributed by atoms with Gasteiger partial charge in [0.05, 0.1) is 0 Å². The fourth-order valence-corrected chi connectivity index (χ4v) is 11.2. The first-order valence-corrected chi connectivity index (χ1v) is 21.7. The van der Waals surface area contributed by atoms with Crippen LogP contribution in [0.15, 0.2) is 158 Å². The lowest BCUT2D eigenvalue weighted by molar-refractivity contribution is 1.23. The second-order valence-corrected chi connectivity index (χ2v) is 19.6. The van der Waals surface area contributed by atoms with E-state index in [1.807, 2.05) is 6.08 Å². The summed E-state index contributed by atoms with van der Waals surface area (Å²) in [5.41, 5.74) is 16.4. The third kappa shape index (κ3) is 5.23. The zero-order chi connectivity index (χ0) is 36.4. The zero-order valence-electron chi connectivity index (χ0n) is 31.2. The summed E-state index contributed by atoms with van der Waals surface area (Å²) in [6.45, 7) is 15.7. The Morgan fingerprint density at radius 3 is 1.85 bits per heavy atom. The molecular formula is C49H43BN2Si. The van der Waals surface area contributed by atoms with Crippen molar-refractivity contribution in [3.63, 3.8) is 0 Å². The summed E-state index contributed by atoms with van der Waals surface area (Å²) in [6, 6.07) is 52.7. The summed E-state index contributed by atoms with van der Waals surface area (Å²) >= 11 is 0. The first kappa shape index (κ1) is 33.0. The molecule has 0 atom stereocenters. The molecule has 0 amide bonds. The monoisotopic (exact) mass is 698 g/mol. The minimum absolute atomic E-state index is 0.0448. The normalized spacial score (nSPS) is 13.3. The standard InChI is InChI=1S/C49H43BN2Si/c1-7-8-18-36-25-27-43-48(35(36)4)51(38-20-14-16-33(2)29-38)45-31-41(53(5,6)40-22-10-9-11-23-40)32-46-47(45)50(43)44-28-26-37-19-12-13-24-42(37)49(44)52(46)39-21-15-17-34(3)30-39/h7-32H,1H2,2-6H3/b18-8-. The van der Waals surface area contributed by atoms with E-state index in [2.05, 4.69) is 202 Å². The third-order valence-electron chi connectivity index (χ3n) is 11.6. The van der Waals surface area contributed by atoms with Crippen molar-refractivity contribution in [2.45, 2.75) is 33.9 Å². The predicted molar refractivity (Wildman–Crippen MR) is 235 cm³/mol. The predicted octanol–water partition coefficient (Wildman–Crippen LogP) is 9.87. The van der Waals surface area contributed by atoms with Crippen molar-refractivity contribution in [2.75, 3.05) is 9.80 Å². The lowest BCUT2D eigenvalue weighted by Crippen LogP contribution is -2.63. The van der Waals surface area contributed by atoms with Crippen molar-refractivity contribution in [2.24, 2.45) is 0 Å². The second-order valence-electron chi connectivity index (χ2n) is 15.2. The van der Waals surface area contributed by atoms with Gasteiger partial charge in [0, 0.05) is 39.5 Å². The van der Waals surface area contributed by atoms with Gasteiger partial charge in [0.15, 0.2) is 0 Å². The van der Waals surface area contributed by atoms with Crippen LogP contribution in [0, 0.1) is 20.8 Å². The van der Waals surface area contributed by atoms with E-state index in [0.717, 1.165) is 0 Å². The number of fused-ring (bicyclic) bond motifs is 6. The number of aryl methyl sites for hydroxylation is 2. The van der Waals surface area contributed by atoms with E-state index in [9.17, 15) is 0 Å². The molecule has 0 aliphatic carbocycles. The molecule has 4 heteroatoms. The number of benzene rings is 7. The average molecular weight is 699 g/mol. The van der Waals surface area contributed by atoms with Crippen LogP contribution in [-0.4, -0.2) is 14.8 Å². The van der Waals surface area contributed by atoms with Crippen molar-refractivity contribution in [3.05, 3.63) is 181 Å². The molecule has 53 heavy (non-hydrogen) atoms. The molecule has 7 aromatic rings. The fraction of sp³-hybridized carbons (Fsp3) is 0.102. The number of anilines is 6. The molecule has 7 aromatic carbocycles. The number of allylic oxidation sites excluding steroid dienone is 2. The van der Waals surface area contributed by atoms with Crippen molar-refractivity contribution in [1.82, 2.24) is 0 Å². The summed E-state index contributed by atoms with van der Waals surface area (Å²) in [5, 5.41) is 5.37. The Morgan fingerprint density at radius 1 is 0.585 bits per heavy atom. The van der Waals surface area contributed by atoms with Crippen LogP contribution >= 0.6 is 0 Å². The van der Waals surface area contributed by atoms with Crippen LogP contribution in [0.3, 0.4) is 0 Å². The highest BCUT2D eigenvalue weighted by atomic mass is 28.3. The molecule has 0 saturated carbocycles. The molecular weight excluding hydrogens is 655 g/mol. The van der Waals surface area contributed by atoms with E-state index >= 15 is 0 Å². The second kappa shape index (κ2) is 12.7. The molecule has 0 unspecified atom stereocenters. The molecule has 2 aliphatic rings. The quantitative estimate of drug-likeness (QED) is 0.126. The summed E-state index contributed by atoms with van der Waals surface area (Å²) in [5.74, 6) is 0. The Labute approximate surface area is 315 Å². The number of hydrogen-bond acceptors (Lipinski definition) is 2. The van der Waals surface area contributed by atoms with Crippen LogP contribution in [0.25, 0.3) is 16.8 Å². The van der Waals surface area contributed by atoms with Gasteiger partial charge in [-0.05, 0) is 101 Å². The van der Waals surface area contributed by atoms with Crippen molar-refractivity contribution >= 4 is 92.5 Å². The number of hydrogen-bond donors (Lipinski definition) is 0. The van der Waals surface area contributed by atoms with Crippen molar-refractivity contribution < 1.29 is 0 Å². The molecule has 0 saturated heterocycles. The van der Waals surface area contributed by atoms with Crippen LogP contribution in [0.4, 0.5) is 34.1 Å². The molecule has 2 nitrogen and oxygen atoms in total. The average Bonchev–Trinajstić information content (AvgIpc) is 3.17. The van der Waals surface area contributed by atoms with E-state index in [-0.39, 0.29) is 6.71 Å². The van der Waals surface area contributed by atoms with Crippen LogP contribution in [0.5, 0.6) is 0 Å². The molecule has 0 spiro atoms. The fourth-order valence-electron chi connectivity index (χ4n) is 8.83. The largest absolute Gasteiger partial charge is 0.311 e. The Morgan fingerprint density at radius 2 is 1.19 bits per heavy atom. The highest BCUT2D eigenvalue weighted by Crippen LogP contribution is 2.47. The van der Waals surface area contributed by atoms with Crippen molar-refractivity contribution in [3.8, 4) is 0 Å². The molecule has 256 valence electrons. The first-order valence-electron chi connectivity index (χ1n) is 18.7. The number of nitrogens with zero attached hydrogens (tertiary/aromatic N) is 2. The van der Waals surface area contributed by atoms with Gasteiger partial charge < -0.3 is 9.80 Å². The van der Waals surface area contributed by atoms with Crippen molar-refractivity contribution in [1.29, 1.82) is 0 Å². The topological polar surface area (TPSA) is 6.48 Å². The van der Waals surface area contributed by atoms with E-state index in [1.54, 1.807) is 0 Å². The highest BCUT2D eigenvalue weighted by molar-refractivity contribution is 7.02. The van der Waals surface area contributed by atoms with Crippen LogP contribution in [0.2, 0.25) is 13.1 Å². The van der Waals surface area contributed by atoms with E-state index in [4.69, 9.17) is 0 Å². The summed E-state index contributed by atoms with van der Waals surface area (Å²) < 4.78 is 0. The maximum atomic E-state index is 3.98. The molecule has 0 radical (unpaired) electrons. The maximum Gasteiger partial charge on any atom is 0.252 e. The molecule has 2 heterocycles. The van der Waals surface area contributed by atoms with Gasteiger partial charge >= 0.3 is 0 Å². The molecule has 0 aromatic heterocycles. The van der Waals surface area contributed by atoms with E-state index in [0.29, 0.717) is 0 Å². The summed E-state index contributed by atoms with van der Waals surface area (Å²) in [7, 11) is -2.20. The lowest BCUT2D eigenvalue weighted by Gasteiger charge is -2.46. The number of rotatable bonds is 6. The van der Waals surface area contributed by atoms with E-state index < -0.39 is 8.07 Å². The molecule has 0 N–H and O–H groups in total.